The smallest absolute Gasteiger partial charge is 0.242 e. The van der Waals surface area contributed by atoms with Crippen LogP contribution in [0.2, 0.25) is 0 Å². The monoisotopic (exact) mass is 477 g/mol. The molecule has 3 N–H and O–H groups in total. The van der Waals surface area contributed by atoms with Crippen LogP contribution in [0.4, 0.5) is 5.69 Å². The molecule has 0 saturated heterocycles. The molecule has 1 heterocycles. The molecule has 3 aromatic rings. The van der Waals surface area contributed by atoms with Crippen molar-refractivity contribution < 1.29 is 18.0 Å². The number of rotatable bonds is 8. The number of benzene rings is 3. The van der Waals surface area contributed by atoms with E-state index in [0.717, 1.165) is 16.7 Å². The Kier molecular flexibility index (Phi) is 7.09. The summed E-state index contributed by atoms with van der Waals surface area (Å²) < 4.78 is 29.0. The molecule has 176 valence electrons. The van der Waals surface area contributed by atoms with Gasteiger partial charge in [0.05, 0.1) is 4.90 Å². The summed E-state index contributed by atoms with van der Waals surface area (Å²) in [5.74, 6) is -0.514. The zero-order chi connectivity index (χ0) is 24.1. The van der Waals surface area contributed by atoms with Gasteiger partial charge in [0.15, 0.2) is 0 Å². The van der Waals surface area contributed by atoms with Gasteiger partial charge in [-0.05, 0) is 54.7 Å². The van der Waals surface area contributed by atoms with Gasteiger partial charge in [0.2, 0.25) is 21.8 Å². The second kappa shape index (κ2) is 10.2. The Balaban J connectivity index is 1.51. The third-order valence-corrected chi connectivity index (χ3v) is 7.20. The Morgan fingerprint density at radius 3 is 2.47 bits per heavy atom. The molecule has 4 rings (SSSR count). The van der Waals surface area contributed by atoms with E-state index in [1.807, 2.05) is 37.3 Å². The maximum atomic E-state index is 13.2. The summed E-state index contributed by atoms with van der Waals surface area (Å²) in [7, 11) is -4.01. The SMILES string of the molecule is Cc1ccc(CCNC(=O)C(NS(=O)(=O)c2ccc3c(c2)CCC(=O)N3)c2ccccc2)cc1. The van der Waals surface area contributed by atoms with Crippen LogP contribution in [0.1, 0.15) is 34.7 Å². The van der Waals surface area contributed by atoms with Crippen molar-refractivity contribution in [2.45, 2.75) is 37.1 Å². The summed E-state index contributed by atoms with van der Waals surface area (Å²) in [5, 5.41) is 5.60. The van der Waals surface area contributed by atoms with Crippen LogP contribution >= 0.6 is 0 Å². The van der Waals surface area contributed by atoms with Gasteiger partial charge in [-0.25, -0.2) is 8.42 Å². The van der Waals surface area contributed by atoms with Crippen molar-refractivity contribution in [1.82, 2.24) is 10.0 Å². The number of fused-ring (bicyclic) bond motifs is 1. The van der Waals surface area contributed by atoms with Gasteiger partial charge in [0.1, 0.15) is 6.04 Å². The summed E-state index contributed by atoms with van der Waals surface area (Å²) in [4.78, 5) is 24.7. The number of carbonyl (C=O) groups is 2. The molecule has 8 heteroatoms. The van der Waals surface area contributed by atoms with E-state index in [1.165, 1.54) is 6.07 Å². The molecule has 1 atom stereocenters. The van der Waals surface area contributed by atoms with Crippen LogP contribution in [0.15, 0.2) is 77.7 Å². The van der Waals surface area contributed by atoms with Crippen LogP contribution in [0.3, 0.4) is 0 Å². The van der Waals surface area contributed by atoms with Crippen molar-refractivity contribution in [3.63, 3.8) is 0 Å². The van der Waals surface area contributed by atoms with Gasteiger partial charge < -0.3 is 10.6 Å². The van der Waals surface area contributed by atoms with Gasteiger partial charge in [0, 0.05) is 18.7 Å². The van der Waals surface area contributed by atoms with Crippen molar-refractivity contribution in [2.24, 2.45) is 0 Å². The largest absolute Gasteiger partial charge is 0.354 e. The first-order valence-corrected chi connectivity index (χ1v) is 12.6. The fourth-order valence-corrected chi connectivity index (χ4v) is 5.09. The summed E-state index contributed by atoms with van der Waals surface area (Å²) in [6.07, 6.45) is 1.41. The van der Waals surface area contributed by atoms with Gasteiger partial charge in [-0.2, -0.15) is 4.72 Å². The number of aryl methyl sites for hydroxylation is 2. The van der Waals surface area contributed by atoms with E-state index in [9.17, 15) is 18.0 Å². The molecule has 0 bridgehead atoms. The van der Waals surface area contributed by atoms with Gasteiger partial charge in [-0.3, -0.25) is 9.59 Å². The number of sulfonamides is 1. The molecule has 3 aromatic carbocycles. The van der Waals surface area contributed by atoms with Crippen molar-refractivity contribution >= 4 is 27.5 Å². The summed E-state index contributed by atoms with van der Waals surface area (Å²) in [6.45, 7) is 2.40. The molecule has 2 amide bonds. The van der Waals surface area contributed by atoms with E-state index in [4.69, 9.17) is 0 Å². The average Bonchev–Trinajstić information content (AvgIpc) is 2.84. The van der Waals surface area contributed by atoms with Crippen LogP contribution < -0.4 is 15.4 Å². The number of nitrogens with one attached hydrogen (secondary N) is 3. The Labute approximate surface area is 199 Å². The highest BCUT2D eigenvalue weighted by Crippen LogP contribution is 2.26. The minimum absolute atomic E-state index is 0.0517. The second-order valence-electron chi connectivity index (χ2n) is 8.36. The third-order valence-electron chi connectivity index (χ3n) is 5.78. The lowest BCUT2D eigenvalue weighted by atomic mass is 10.0. The number of hydrogen-bond acceptors (Lipinski definition) is 4. The lowest BCUT2D eigenvalue weighted by Crippen LogP contribution is -2.41. The van der Waals surface area contributed by atoms with E-state index < -0.39 is 22.0 Å². The summed E-state index contributed by atoms with van der Waals surface area (Å²) in [5.41, 5.74) is 4.16. The third kappa shape index (κ3) is 5.70. The molecule has 34 heavy (non-hydrogen) atoms. The number of carbonyl (C=O) groups excluding carboxylic acids is 2. The van der Waals surface area contributed by atoms with Crippen molar-refractivity contribution in [3.8, 4) is 0 Å². The maximum Gasteiger partial charge on any atom is 0.242 e. The Morgan fingerprint density at radius 2 is 1.74 bits per heavy atom. The van der Waals surface area contributed by atoms with Crippen LogP contribution in [-0.4, -0.2) is 26.8 Å². The molecule has 7 nitrogen and oxygen atoms in total. The highest BCUT2D eigenvalue weighted by Gasteiger charge is 2.28. The van der Waals surface area contributed by atoms with Gasteiger partial charge >= 0.3 is 0 Å². The summed E-state index contributed by atoms with van der Waals surface area (Å²) >= 11 is 0. The van der Waals surface area contributed by atoms with E-state index in [0.29, 0.717) is 37.1 Å². The molecule has 0 radical (unpaired) electrons. The molecule has 0 aromatic heterocycles. The standard InChI is InChI=1S/C26H27N3O4S/c1-18-7-9-19(10-8-18)15-16-27-26(31)25(20-5-3-2-4-6-20)29-34(32,33)22-12-13-23-21(17-22)11-14-24(30)28-23/h2-10,12-13,17,25,29H,11,14-16H2,1H3,(H,27,31)(H,28,30). The molecular weight excluding hydrogens is 450 g/mol. The lowest BCUT2D eigenvalue weighted by Gasteiger charge is -2.21. The molecular formula is C26H27N3O4S. The predicted octanol–water partition coefficient (Wildman–Crippen LogP) is 3.26. The van der Waals surface area contributed by atoms with Crippen molar-refractivity contribution in [3.05, 3.63) is 95.1 Å². The Hall–Kier alpha value is -3.49. The first kappa shape index (κ1) is 23.7. The zero-order valence-corrected chi connectivity index (χ0v) is 19.7. The number of amides is 2. The first-order valence-electron chi connectivity index (χ1n) is 11.2. The van der Waals surface area contributed by atoms with E-state index in [2.05, 4.69) is 15.4 Å². The molecule has 1 unspecified atom stereocenters. The van der Waals surface area contributed by atoms with Crippen LogP contribution in [-0.2, 0) is 32.5 Å². The number of hydrogen-bond donors (Lipinski definition) is 3. The molecule has 1 aliphatic rings. The topological polar surface area (TPSA) is 104 Å². The highest BCUT2D eigenvalue weighted by atomic mass is 32.2. The predicted molar refractivity (Wildman–Crippen MR) is 131 cm³/mol. The second-order valence-corrected chi connectivity index (χ2v) is 10.1. The molecule has 0 aliphatic carbocycles. The fourth-order valence-electron chi connectivity index (χ4n) is 3.86. The first-order chi connectivity index (χ1) is 16.3. The quantitative estimate of drug-likeness (QED) is 0.463. The highest BCUT2D eigenvalue weighted by molar-refractivity contribution is 7.89. The van der Waals surface area contributed by atoms with Gasteiger partial charge in [-0.15, -0.1) is 0 Å². The molecule has 0 saturated carbocycles. The number of anilines is 1. The molecule has 1 aliphatic heterocycles. The maximum absolute atomic E-state index is 13.2. The Bertz CT molecular complexity index is 1290. The minimum atomic E-state index is -4.01. The van der Waals surface area contributed by atoms with Crippen molar-refractivity contribution in [1.29, 1.82) is 0 Å². The van der Waals surface area contributed by atoms with Crippen LogP contribution in [0, 0.1) is 6.92 Å². The average molecular weight is 478 g/mol. The normalized spacial score (nSPS) is 14.1. The summed E-state index contributed by atoms with van der Waals surface area (Å²) in [6, 6.07) is 20.3. The van der Waals surface area contributed by atoms with Crippen LogP contribution in [0.5, 0.6) is 0 Å². The van der Waals surface area contributed by atoms with E-state index in [1.54, 1.807) is 36.4 Å². The minimum Gasteiger partial charge on any atom is -0.354 e. The molecule has 0 fully saturated rings. The van der Waals surface area contributed by atoms with E-state index >= 15 is 0 Å². The zero-order valence-electron chi connectivity index (χ0n) is 18.9. The Morgan fingerprint density at radius 1 is 1.00 bits per heavy atom. The lowest BCUT2D eigenvalue weighted by molar-refractivity contribution is -0.122. The fraction of sp³-hybridized carbons (Fsp3) is 0.231. The molecule has 0 spiro atoms. The van der Waals surface area contributed by atoms with Gasteiger partial charge in [-0.1, -0.05) is 60.2 Å². The van der Waals surface area contributed by atoms with Crippen molar-refractivity contribution in [2.75, 3.05) is 11.9 Å². The van der Waals surface area contributed by atoms with Crippen LogP contribution in [0.25, 0.3) is 0 Å². The van der Waals surface area contributed by atoms with Gasteiger partial charge in [0.25, 0.3) is 0 Å². The van der Waals surface area contributed by atoms with E-state index in [-0.39, 0.29) is 10.8 Å².